The van der Waals surface area contributed by atoms with Crippen LogP contribution in [0.4, 0.5) is 0 Å². The van der Waals surface area contributed by atoms with Gasteiger partial charge in [-0.05, 0) is 78.4 Å². The Morgan fingerprint density at radius 2 is 1.85 bits per heavy atom. The highest BCUT2D eigenvalue weighted by atomic mass is 79.9. The Morgan fingerprint density at radius 3 is 2.48 bits per heavy atom. The number of hydrogen-bond acceptors (Lipinski definition) is 4. The van der Waals surface area contributed by atoms with E-state index in [9.17, 15) is 13.2 Å². The maximum Gasteiger partial charge on any atom is 0.250 e. The van der Waals surface area contributed by atoms with Gasteiger partial charge < -0.3 is 5.32 Å². The third kappa shape index (κ3) is 5.78. The summed E-state index contributed by atoms with van der Waals surface area (Å²) in [7, 11) is -3.43. The second kappa shape index (κ2) is 9.37. The number of hydrogen-bond donors (Lipinski definition) is 2. The predicted octanol–water partition coefficient (Wildman–Crippen LogP) is 4.29. The van der Waals surface area contributed by atoms with Crippen LogP contribution in [0.1, 0.15) is 58.3 Å². The van der Waals surface area contributed by atoms with E-state index in [0.29, 0.717) is 28.6 Å². The van der Waals surface area contributed by atoms with Gasteiger partial charge in [-0.2, -0.15) is 0 Å². The summed E-state index contributed by atoms with van der Waals surface area (Å²) < 4.78 is 28.5. The van der Waals surface area contributed by atoms with Crippen molar-refractivity contribution in [2.45, 2.75) is 68.5 Å². The molecule has 3 rings (SSSR count). The summed E-state index contributed by atoms with van der Waals surface area (Å²) in [6.45, 7) is 2.69. The Kier molecular flexibility index (Phi) is 7.38. The highest BCUT2D eigenvalue weighted by molar-refractivity contribution is 9.11. The van der Waals surface area contributed by atoms with Crippen molar-refractivity contribution < 1.29 is 13.2 Å². The van der Waals surface area contributed by atoms with Crippen molar-refractivity contribution in [1.82, 2.24) is 10.0 Å². The van der Waals surface area contributed by atoms with Crippen molar-refractivity contribution >= 4 is 43.2 Å². The third-order valence-electron chi connectivity index (χ3n) is 6.03. The van der Waals surface area contributed by atoms with E-state index in [0.717, 1.165) is 35.9 Å². The Balaban J connectivity index is 1.42. The SMILES string of the molecule is CC1CCCCC1NC(=O)C1CCC(CNS(=O)(=O)c2ccc(Br)s2)CC1. The lowest BCUT2D eigenvalue weighted by atomic mass is 9.80. The maximum absolute atomic E-state index is 12.6. The molecule has 2 unspecified atom stereocenters. The van der Waals surface area contributed by atoms with Crippen LogP contribution in [0.5, 0.6) is 0 Å². The standard InChI is InChI=1S/C19H29BrN2O3S2/c1-13-4-2-3-5-16(13)22-19(23)15-8-6-14(7-9-15)12-21-27(24,25)18-11-10-17(20)26-18/h10-11,13-16,21H,2-9,12H2,1H3,(H,22,23). The van der Waals surface area contributed by atoms with Gasteiger partial charge in [-0.1, -0.05) is 19.8 Å². The minimum atomic E-state index is -3.43. The maximum atomic E-state index is 12.6. The molecule has 2 saturated carbocycles. The third-order valence-corrected chi connectivity index (χ3v) is 9.57. The molecule has 27 heavy (non-hydrogen) atoms. The number of rotatable bonds is 6. The monoisotopic (exact) mass is 476 g/mol. The number of amides is 1. The van der Waals surface area contributed by atoms with Crippen molar-refractivity contribution in [3.05, 3.63) is 15.9 Å². The van der Waals surface area contributed by atoms with E-state index in [1.807, 2.05) is 0 Å². The van der Waals surface area contributed by atoms with E-state index in [4.69, 9.17) is 0 Å². The summed E-state index contributed by atoms with van der Waals surface area (Å²) in [5.41, 5.74) is 0. The molecule has 1 aromatic heterocycles. The molecule has 1 amide bonds. The van der Waals surface area contributed by atoms with Gasteiger partial charge in [-0.25, -0.2) is 13.1 Å². The van der Waals surface area contributed by atoms with E-state index in [1.165, 1.54) is 30.6 Å². The van der Waals surface area contributed by atoms with Crippen LogP contribution in [0.2, 0.25) is 0 Å². The van der Waals surface area contributed by atoms with Crippen LogP contribution in [0.25, 0.3) is 0 Å². The van der Waals surface area contributed by atoms with Gasteiger partial charge >= 0.3 is 0 Å². The van der Waals surface area contributed by atoms with Gasteiger partial charge in [0.15, 0.2) is 0 Å². The molecule has 2 N–H and O–H groups in total. The number of nitrogens with one attached hydrogen (secondary N) is 2. The molecular formula is C19H29BrN2O3S2. The van der Waals surface area contributed by atoms with E-state index >= 15 is 0 Å². The molecule has 1 aromatic rings. The number of carbonyl (C=O) groups excluding carboxylic acids is 1. The Morgan fingerprint density at radius 1 is 1.15 bits per heavy atom. The highest BCUT2D eigenvalue weighted by Gasteiger charge is 2.30. The average Bonchev–Trinajstić information content (AvgIpc) is 3.10. The summed E-state index contributed by atoms with van der Waals surface area (Å²) in [5.74, 6) is 1.17. The van der Waals surface area contributed by atoms with Gasteiger partial charge in [0.05, 0.1) is 3.79 Å². The van der Waals surface area contributed by atoms with Gasteiger partial charge in [0.25, 0.3) is 0 Å². The minimum Gasteiger partial charge on any atom is -0.353 e. The van der Waals surface area contributed by atoms with Gasteiger partial charge in [0.2, 0.25) is 15.9 Å². The molecule has 152 valence electrons. The van der Waals surface area contributed by atoms with E-state index in [1.54, 1.807) is 12.1 Å². The number of carbonyl (C=O) groups is 1. The molecule has 0 spiro atoms. The van der Waals surface area contributed by atoms with Crippen molar-refractivity contribution in [2.24, 2.45) is 17.8 Å². The fourth-order valence-corrected chi connectivity index (χ4v) is 7.37. The molecule has 0 aliphatic heterocycles. The summed E-state index contributed by atoms with van der Waals surface area (Å²) >= 11 is 4.52. The number of halogens is 1. The topological polar surface area (TPSA) is 75.3 Å². The second-order valence-corrected chi connectivity index (χ2v) is 12.5. The molecule has 2 fully saturated rings. The van der Waals surface area contributed by atoms with Gasteiger partial charge in [-0.3, -0.25) is 4.79 Å². The minimum absolute atomic E-state index is 0.0836. The molecular weight excluding hydrogens is 448 g/mol. The van der Waals surface area contributed by atoms with Crippen LogP contribution >= 0.6 is 27.3 Å². The largest absolute Gasteiger partial charge is 0.353 e. The van der Waals surface area contributed by atoms with Gasteiger partial charge in [0, 0.05) is 18.5 Å². The lowest BCUT2D eigenvalue weighted by molar-refractivity contribution is -0.127. The zero-order valence-corrected chi connectivity index (χ0v) is 19.0. The quantitative estimate of drug-likeness (QED) is 0.642. The van der Waals surface area contributed by atoms with Crippen molar-refractivity contribution in [3.63, 3.8) is 0 Å². The zero-order chi connectivity index (χ0) is 19.4. The first-order valence-corrected chi connectivity index (χ1v) is 13.0. The zero-order valence-electron chi connectivity index (χ0n) is 15.7. The molecule has 0 aromatic carbocycles. The molecule has 0 saturated heterocycles. The predicted molar refractivity (Wildman–Crippen MR) is 112 cm³/mol. The normalized spacial score (nSPS) is 29.4. The van der Waals surface area contributed by atoms with Crippen molar-refractivity contribution in [1.29, 1.82) is 0 Å². The van der Waals surface area contributed by atoms with Crippen LogP contribution in [0.15, 0.2) is 20.1 Å². The lowest BCUT2D eigenvalue weighted by Crippen LogP contribution is -2.44. The fraction of sp³-hybridized carbons (Fsp3) is 0.737. The Labute approximate surface area is 174 Å². The second-order valence-electron chi connectivity index (χ2n) is 8.00. The first kappa shape index (κ1) is 21.3. The first-order valence-electron chi connectivity index (χ1n) is 9.90. The fourth-order valence-electron chi connectivity index (χ4n) is 4.20. The van der Waals surface area contributed by atoms with E-state index in [2.05, 4.69) is 32.9 Å². The lowest BCUT2D eigenvalue weighted by Gasteiger charge is -2.33. The Hall–Kier alpha value is -0.440. The van der Waals surface area contributed by atoms with Crippen LogP contribution in [-0.2, 0) is 14.8 Å². The highest BCUT2D eigenvalue weighted by Crippen LogP contribution is 2.31. The van der Waals surface area contributed by atoms with Crippen LogP contribution in [0.3, 0.4) is 0 Å². The number of thiophene rings is 1. The van der Waals surface area contributed by atoms with Crippen LogP contribution in [0, 0.1) is 17.8 Å². The average molecular weight is 477 g/mol. The van der Waals surface area contributed by atoms with Crippen LogP contribution < -0.4 is 10.0 Å². The Bertz CT molecular complexity index is 742. The number of sulfonamides is 1. The van der Waals surface area contributed by atoms with E-state index in [-0.39, 0.29) is 11.8 Å². The summed E-state index contributed by atoms with van der Waals surface area (Å²) in [5, 5.41) is 3.28. The molecule has 8 heteroatoms. The van der Waals surface area contributed by atoms with Crippen molar-refractivity contribution in [2.75, 3.05) is 6.54 Å². The molecule has 2 atom stereocenters. The van der Waals surface area contributed by atoms with E-state index < -0.39 is 10.0 Å². The summed E-state index contributed by atoms with van der Waals surface area (Å²) in [6.07, 6.45) is 8.29. The molecule has 2 aliphatic rings. The first-order chi connectivity index (χ1) is 12.8. The summed E-state index contributed by atoms with van der Waals surface area (Å²) in [6, 6.07) is 3.70. The molecule has 1 heterocycles. The van der Waals surface area contributed by atoms with Crippen LogP contribution in [-0.4, -0.2) is 26.9 Å². The molecule has 0 bridgehead atoms. The molecule has 5 nitrogen and oxygen atoms in total. The van der Waals surface area contributed by atoms with Crippen molar-refractivity contribution in [3.8, 4) is 0 Å². The smallest absolute Gasteiger partial charge is 0.250 e. The summed E-state index contributed by atoms with van der Waals surface area (Å²) in [4.78, 5) is 12.6. The van der Waals surface area contributed by atoms with Gasteiger partial charge in [-0.15, -0.1) is 11.3 Å². The molecule has 2 aliphatic carbocycles. The van der Waals surface area contributed by atoms with Gasteiger partial charge in [0.1, 0.15) is 4.21 Å². The molecule has 0 radical (unpaired) electrons.